The first-order chi connectivity index (χ1) is 12.1. The van der Waals surface area contributed by atoms with Gasteiger partial charge in [-0.15, -0.1) is 11.3 Å². The van der Waals surface area contributed by atoms with E-state index in [1.807, 2.05) is 0 Å². The molecule has 1 N–H and O–H groups in total. The van der Waals surface area contributed by atoms with Gasteiger partial charge in [0.05, 0.1) is 12.2 Å². The molecule has 25 heavy (non-hydrogen) atoms. The highest BCUT2D eigenvalue weighted by molar-refractivity contribution is 7.17. The zero-order valence-corrected chi connectivity index (χ0v) is 14.6. The molecule has 0 fully saturated rings. The van der Waals surface area contributed by atoms with E-state index in [9.17, 15) is 14.0 Å². The van der Waals surface area contributed by atoms with Crippen LogP contribution >= 0.6 is 11.3 Å². The molecular formula is C19H18FNO3S. The molecule has 0 unspecified atom stereocenters. The fourth-order valence-corrected chi connectivity index (χ4v) is 4.09. The summed E-state index contributed by atoms with van der Waals surface area (Å²) in [5.41, 5.74) is 2.21. The number of carbonyl (C=O) groups is 2. The van der Waals surface area contributed by atoms with Crippen LogP contribution in [0.5, 0.6) is 0 Å². The van der Waals surface area contributed by atoms with E-state index < -0.39 is 0 Å². The van der Waals surface area contributed by atoms with E-state index in [0.29, 0.717) is 17.2 Å². The van der Waals surface area contributed by atoms with Gasteiger partial charge in [0.2, 0.25) is 5.91 Å². The lowest BCUT2D eigenvalue weighted by molar-refractivity contribution is -0.111. The molecule has 3 rings (SSSR count). The van der Waals surface area contributed by atoms with Crippen molar-refractivity contribution < 1.29 is 18.7 Å². The van der Waals surface area contributed by atoms with Gasteiger partial charge in [0.25, 0.3) is 0 Å². The van der Waals surface area contributed by atoms with E-state index in [1.54, 1.807) is 25.1 Å². The van der Waals surface area contributed by atoms with Gasteiger partial charge in [0.15, 0.2) is 0 Å². The van der Waals surface area contributed by atoms with Crippen molar-refractivity contribution in [3.8, 4) is 0 Å². The van der Waals surface area contributed by atoms with Crippen LogP contribution in [0.2, 0.25) is 0 Å². The Morgan fingerprint density at radius 3 is 2.76 bits per heavy atom. The summed E-state index contributed by atoms with van der Waals surface area (Å²) >= 11 is 1.44. The topological polar surface area (TPSA) is 55.4 Å². The van der Waals surface area contributed by atoms with Crippen molar-refractivity contribution in [3.05, 3.63) is 57.7 Å². The summed E-state index contributed by atoms with van der Waals surface area (Å²) in [4.78, 5) is 25.6. The molecule has 0 saturated carbocycles. The molecule has 1 aromatic carbocycles. The van der Waals surface area contributed by atoms with Crippen LogP contribution in [-0.4, -0.2) is 18.5 Å². The number of benzene rings is 1. The first-order valence-electron chi connectivity index (χ1n) is 8.14. The summed E-state index contributed by atoms with van der Waals surface area (Å²) < 4.78 is 18.0. The van der Waals surface area contributed by atoms with E-state index >= 15 is 0 Å². The van der Waals surface area contributed by atoms with E-state index in [0.717, 1.165) is 35.3 Å². The molecule has 0 radical (unpaired) electrons. The summed E-state index contributed by atoms with van der Waals surface area (Å²) in [6.07, 6.45) is 5.74. The number of carbonyl (C=O) groups excluding carboxylic acids is 2. The van der Waals surface area contributed by atoms with Crippen LogP contribution in [-0.2, 0) is 22.4 Å². The number of ether oxygens (including phenoxy) is 1. The largest absolute Gasteiger partial charge is 0.462 e. The summed E-state index contributed by atoms with van der Waals surface area (Å²) in [7, 11) is 0. The predicted octanol–water partition coefficient (Wildman–Crippen LogP) is 4.20. The Hall–Kier alpha value is -2.47. The monoisotopic (exact) mass is 359 g/mol. The zero-order chi connectivity index (χ0) is 17.8. The van der Waals surface area contributed by atoms with Gasteiger partial charge in [-0.1, -0.05) is 12.1 Å². The van der Waals surface area contributed by atoms with E-state index in [2.05, 4.69) is 5.32 Å². The van der Waals surface area contributed by atoms with Crippen LogP contribution in [0.25, 0.3) is 6.08 Å². The number of aryl methyl sites for hydroxylation is 1. The summed E-state index contributed by atoms with van der Waals surface area (Å²) in [6.45, 7) is 2.05. The Morgan fingerprint density at radius 2 is 2.04 bits per heavy atom. The number of rotatable bonds is 5. The molecule has 0 atom stereocenters. The van der Waals surface area contributed by atoms with E-state index in [4.69, 9.17) is 4.74 Å². The molecule has 1 aromatic heterocycles. The quantitative estimate of drug-likeness (QED) is 0.643. The average Bonchev–Trinajstić information content (AvgIpc) is 3.15. The number of nitrogens with one attached hydrogen (secondary N) is 1. The van der Waals surface area contributed by atoms with Crippen molar-refractivity contribution in [2.75, 3.05) is 11.9 Å². The Kier molecular flexibility index (Phi) is 5.28. The number of fused-ring (bicyclic) bond motifs is 1. The number of esters is 1. The molecule has 0 saturated heterocycles. The molecule has 0 spiro atoms. The molecule has 1 heterocycles. The van der Waals surface area contributed by atoms with Gasteiger partial charge in [-0.2, -0.15) is 0 Å². The van der Waals surface area contributed by atoms with Gasteiger partial charge >= 0.3 is 5.97 Å². The third kappa shape index (κ3) is 3.96. The summed E-state index contributed by atoms with van der Waals surface area (Å²) in [5, 5.41) is 3.32. The van der Waals surface area contributed by atoms with Gasteiger partial charge < -0.3 is 10.1 Å². The van der Waals surface area contributed by atoms with Crippen molar-refractivity contribution in [1.82, 2.24) is 0 Å². The Morgan fingerprint density at radius 1 is 1.28 bits per heavy atom. The van der Waals surface area contributed by atoms with Crippen LogP contribution in [0, 0.1) is 5.82 Å². The van der Waals surface area contributed by atoms with Crippen molar-refractivity contribution >= 4 is 34.3 Å². The Labute approximate surface area is 149 Å². The van der Waals surface area contributed by atoms with Crippen LogP contribution in [0.1, 0.15) is 39.7 Å². The van der Waals surface area contributed by atoms with Crippen molar-refractivity contribution in [3.63, 3.8) is 0 Å². The van der Waals surface area contributed by atoms with Crippen LogP contribution in [0.4, 0.5) is 9.39 Å². The maximum atomic E-state index is 12.9. The normalized spacial score (nSPS) is 13.0. The van der Waals surface area contributed by atoms with Crippen LogP contribution in [0.3, 0.4) is 0 Å². The highest BCUT2D eigenvalue weighted by atomic mass is 32.1. The Balaban J connectivity index is 1.77. The van der Waals surface area contributed by atoms with Gasteiger partial charge in [0, 0.05) is 11.0 Å². The smallest absolute Gasteiger partial charge is 0.341 e. The first-order valence-corrected chi connectivity index (χ1v) is 8.96. The molecule has 6 heteroatoms. The molecule has 1 aliphatic carbocycles. The average molecular weight is 359 g/mol. The third-order valence-corrected chi connectivity index (χ3v) is 5.14. The fraction of sp³-hybridized carbons (Fsp3) is 0.263. The summed E-state index contributed by atoms with van der Waals surface area (Å²) in [6, 6.07) is 5.84. The van der Waals surface area contributed by atoms with Crippen molar-refractivity contribution in [2.45, 2.75) is 26.2 Å². The molecule has 0 bridgehead atoms. The lowest BCUT2D eigenvalue weighted by atomic mass is 10.1. The van der Waals surface area contributed by atoms with Crippen molar-refractivity contribution in [1.29, 1.82) is 0 Å². The number of hydrogen-bond donors (Lipinski definition) is 1. The van der Waals surface area contributed by atoms with E-state index in [-0.39, 0.29) is 17.7 Å². The second-order valence-electron chi connectivity index (χ2n) is 5.66. The molecule has 130 valence electrons. The Bertz CT molecular complexity index is 824. The van der Waals surface area contributed by atoms with Gasteiger partial charge in [-0.25, -0.2) is 9.18 Å². The minimum absolute atomic E-state index is 0.293. The zero-order valence-electron chi connectivity index (χ0n) is 13.8. The maximum Gasteiger partial charge on any atom is 0.341 e. The highest BCUT2D eigenvalue weighted by Crippen LogP contribution is 2.39. The molecule has 1 aliphatic rings. The number of thiophene rings is 1. The third-order valence-electron chi connectivity index (χ3n) is 3.93. The highest BCUT2D eigenvalue weighted by Gasteiger charge is 2.27. The first kappa shape index (κ1) is 17.4. The molecule has 0 aliphatic heterocycles. The molecule has 1 amide bonds. The number of anilines is 1. The van der Waals surface area contributed by atoms with Crippen LogP contribution < -0.4 is 5.32 Å². The van der Waals surface area contributed by atoms with Gasteiger partial charge in [0.1, 0.15) is 10.8 Å². The predicted molar refractivity (Wildman–Crippen MR) is 96.4 cm³/mol. The van der Waals surface area contributed by atoms with Crippen LogP contribution in [0.15, 0.2) is 30.3 Å². The SMILES string of the molecule is CCOC(=O)c1c(NC(=O)C=Cc2ccc(F)cc2)sc2c1CCC2. The number of amides is 1. The maximum absolute atomic E-state index is 12.9. The second-order valence-corrected chi connectivity index (χ2v) is 6.76. The minimum Gasteiger partial charge on any atom is -0.462 e. The second kappa shape index (κ2) is 7.61. The number of hydrogen-bond acceptors (Lipinski definition) is 4. The standard InChI is InChI=1S/C19H18FNO3S/c1-2-24-19(23)17-14-4-3-5-15(14)25-18(17)21-16(22)11-8-12-6-9-13(20)10-7-12/h6-11H,2-5H2,1H3,(H,21,22). The van der Waals surface area contributed by atoms with Crippen molar-refractivity contribution in [2.24, 2.45) is 0 Å². The fourth-order valence-electron chi connectivity index (χ4n) is 2.81. The molecular weight excluding hydrogens is 341 g/mol. The summed E-state index contributed by atoms with van der Waals surface area (Å²) in [5.74, 6) is -1.05. The van der Waals surface area contributed by atoms with E-state index in [1.165, 1.54) is 29.5 Å². The van der Waals surface area contributed by atoms with Gasteiger partial charge in [-0.3, -0.25) is 4.79 Å². The lowest BCUT2D eigenvalue weighted by Crippen LogP contribution is -2.13. The lowest BCUT2D eigenvalue weighted by Gasteiger charge is -2.06. The molecule has 4 nitrogen and oxygen atoms in total. The number of halogens is 1. The van der Waals surface area contributed by atoms with Gasteiger partial charge in [-0.05, 0) is 55.5 Å². The molecule has 2 aromatic rings. The minimum atomic E-state index is -0.389.